The third-order valence-electron chi connectivity index (χ3n) is 3.71. The molecule has 0 bridgehead atoms. The Kier molecular flexibility index (Phi) is 4.13. The zero-order valence-corrected chi connectivity index (χ0v) is 13.7. The maximum atomic E-state index is 12.6. The van der Waals surface area contributed by atoms with Crippen LogP contribution in [0.4, 0.5) is 0 Å². The molecule has 2 rings (SSSR count). The van der Waals surface area contributed by atoms with Crippen LogP contribution in [-0.2, 0) is 20.2 Å². The molecular weight excluding hydrogens is 288 g/mol. The van der Waals surface area contributed by atoms with E-state index in [2.05, 4.69) is 4.72 Å². The second-order valence-electron chi connectivity index (χ2n) is 6.47. The van der Waals surface area contributed by atoms with Crippen LogP contribution in [0, 0.1) is 0 Å². The number of amides is 1. The van der Waals surface area contributed by atoms with Crippen molar-refractivity contribution in [3.8, 4) is 0 Å². The van der Waals surface area contributed by atoms with Crippen LogP contribution in [-0.4, -0.2) is 38.9 Å². The van der Waals surface area contributed by atoms with Crippen molar-refractivity contribution in [2.75, 3.05) is 13.6 Å². The third-order valence-corrected chi connectivity index (χ3v) is 5.24. The molecule has 116 valence electrons. The molecule has 1 heterocycles. The van der Waals surface area contributed by atoms with E-state index in [-0.39, 0.29) is 16.2 Å². The lowest BCUT2D eigenvalue weighted by Crippen LogP contribution is -2.41. The second-order valence-corrected chi connectivity index (χ2v) is 8.15. The molecule has 1 amide bonds. The summed E-state index contributed by atoms with van der Waals surface area (Å²) in [5.74, 6) is -0.174. The summed E-state index contributed by atoms with van der Waals surface area (Å²) in [6.45, 7) is 6.48. The average Bonchev–Trinajstić information content (AvgIpc) is 2.69. The quantitative estimate of drug-likeness (QED) is 0.920. The summed E-state index contributed by atoms with van der Waals surface area (Å²) in [6, 6.07) is 6.28. The lowest BCUT2D eigenvalue weighted by Gasteiger charge is -2.23. The number of benzene rings is 1. The molecule has 1 fully saturated rings. The smallest absolute Gasteiger partial charge is 0.241 e. The maximum absolute atomic E-state index is 12.6. The lowest BCUT2D eigenvalue weighted by atomic mass is 9.87. The third kappa shape index (κ3) is 3.27. The number of nitrogens with one attached hydrogen (secondary N) is 1. The molecule has 1 saturated heterocycles. The molecule has 0 saturated carbocycles. The van der Waals surface area contributed by atoms with Crippen molar-refractivity contribution < 1.29 is 13.2 Å². The molecule has 6 heteroatoms. The van der Waals surface area contributed by atoms with Crippen molar-refractivity contribution in [3.05, 3.63) is 29.8 Å². The van der Waals surface area contributed by atoms with Gasteiger partial charge in [0.25, 0.3) is 0 Å². The molecule has 1 aromatic rings. The second kappa shape index (κ2) is 5.42. The molecule has 1 aliphatic heterocycles. The highest BCUT2D eigenvalue weighted by atomic mass is 32.2. The van der Waals surface area contributed by atoms with Crippen molar-refractivity contribution in [1.29, 1.82) is 0 Å². The van der Waals surface area contributed by atoms with Crippen LogP contribution in [0.2, 0.25) is 0 Å². The molecule has 0 aliphatic carbocycles. The van der Waals surface area contributed by atoms with Gasteiger partial charge in [-0.2, -0.15) is 4.72 Å². The lowest BCUT2D eigenvalue weighted by molar-refractivity contribution is -0.127. The number of carbonyl (C=O) groups excluding carboxylic acids is 1. The number of likely N-dealkylation sites (tertiary alicyclic amines) is 1. The summed E-state index contributed by atoms with van der Waals surface area (Å²) in [4.78, 5) is 13.7. The minimum Gasteiger partial charge on any atom is -0.344 e. The molecule has 1 aromatic carbocycles. The Bertz CT molecular complexity index is 647. The fourth-order valence-corrected chi connectivity index (χ4v) is 4.14. The summed E-state index contributed by atoms with van der Waals surface area (Å²) < 4.78 is 27.8. The van der Waals surface area contributed by atoms with Gasteiger partial charge >= 0.3 is 0 Å². The van der Waals surface area contributed by atoms with Gasteiger partial charge in [-0.3, -0.25) is 4.79 Å². The highest BCUT2D eigenvalue weighted by Crippen LogP contribution is 2.29. The highest BCUT2D eigenvalue weighted by Gasteiger charge is 2.34. The first-order chi connectivity index (χ1) is 9.63. The summed E-state index contributed by atoms with van der Waals surface area (Å²) in [7, 11) is -2.03. The molecule has 1 atom stereocenters. The first-order valence-corrected chi connectivity index (χ1v) is 8.48. The Morgan fingerprint density at radius 2 is 1.86 bits per heavy atom. The van der Waals surface area contributed by atoms with Crippen molar-refractivity contribution in [2.24, 2.45) is 0 Å². The van der Waals surface area contributed by atoms with Gasteiger partial charge in [-0.1, -0.05) is 39.0 Å². The van der Waals surface area contributed by atoms with E-state index in [1.54, 1.807) is 24.1 Å². The number of sulfonamides is 1. The number of rotatable bonds is 3. The van der Waals surface area contributed by atoms with E-state index in [1.165, 1.54) is 0 Å². The van der Waals surface area contributed by atoms with Gasteiger partial charge in [0.05, 0.1) is 4.90 Å². The first-order valence-electron chi connectivity index (χ1n) is 7.00. The topological polar surface area (TPSA) is 66.5 Å². The van der Waals surface area contributed by atoms with Gasteiger partial charge < -0.3 is 4.90 Å². The van der Waals surface area contributed by atoms with Gasteiger partial charge in [0.2, 0.25) is 15.9 Å². The molecule has 0 radical (unpaired) electrons. The molecule has 1 N–H and O–H groups in total. The Morgan fingerprint density at radius 1 is 1.24 bits per heavy atom. The molecular formula is C15H22N2O3S. The van der Waals surface area contributed by atoms with Crippen LogP contribution in [0.15, 0.2) is 29.2 Å². The van der Waals surface area contributed by atoms with Crippen molar-refractivity contribution in [3.63, 3.8) is 0 Å². The minimum atomic E-state index is -3.71. The van der Waals surface area contributed by atoms with Gasteiger partial charge in [0.1, 0.15) is 6.04 Å². The van der Waals surface area contributed by atoms with Crippen LogP contribution in [0.1, 0.15) is 32.8 Å². The fraction of sp³-hybridized carbons (Fsp3) is 0.533. The average molecular weight is 310 g/mol. The Labute approximate surface area is 126 Å². The van der Waals surface area contributed by atoms with Crippen LogP contribution in [0.25, 0.3) is 0 Å². The fourth-order valence-electron chi connectivity index (χ4n) is 2.50. The zero-order valence-electron chi connectivity index (χ0n) is 12.9. The van der Waals surface area contributed by atoms with Gasteiger partial charge in [0, 0.05) is 13.6 Å². The van der Waals surface area contributed by atoms with Crippen molar-refractivity contribution in [2.45, 2.75) is 43.5 Å². The van der Waals surface area contributed by atoms with Crippen LogP contribution < -0.4 is 4.72 Å². The molecule has 0 unspecified atom stereocenters. The zero-order chi connectivity index (χ0) is 15.8. The van der Waals surface area contributed by atoms with E-state index >= 15 is 0 Å². The first kappa shape index (κ1) is 16.0. The Hall–Kier alpha value is -1.40. The summed E-state index contributed by atoms with van der Waals surface area (Å²) in [5, 5.41) is 0. The molecule has 5 nitrogen and oxygen atoms in total. The molecule has 0 spiro atoms. The summed E-state index contributed by atoms with van der Waals surface area (Å²) in [5.41, 5.74) is 0.457. The van der Waals surface area contributed by atoms with Crippen LogP contribution in [0.3, 0.4) is 0 Å². The number of likely N-dealkylation sites (N-methyl/N-ethyl adjacent to an activating group) is 1. The number of nitrogens with zero attached hydrogens (tertiary/aromatic N) is 1. The molecule has 21 heavy (non-hydrogen) atoms. The van der Waals surface area contributed by atoms with Crippen LogP contribution in [0.5, 0.6) is 0 Å². The summed E-state index contributed by atoms with van der Waals surface area (Å²) >= 11 is 0. The van der Waals surface area contributed by atoms with E-state index in [4.69, 9.17) is 0 Å². The predicted octanol–water partition coefficient (Wildman–Crippen LogP) is 1.49. The minimum absolute atomic E-state index is 0.174. The van der Waals surface area contributed by atoms with Crippen molar-refractivity contribution >= 4 is 15.9 Å². The van der Waals surface area contributed by atoms with Gasteiger partial charge in [-0.15, -0.1) is 0 Å². The Balaban J connectivity index is 2.35. The number of hydrogen-bond donors (Lipinski definition) is 1. The van der Waals surface area contributed by atoms with Gasteiger partial charge in [-0.25, -0.2) is 8.42 Å². The van der Waals surface area contributed by atoms with Crippen molar-refractivity contribution in [1.82, 2.24) is 9.62 Å². The van der Waals surface area contributed by atoms with E-state index < -0.39 is 16.1 Å². The standard InChI is InChI=1S/C15H22N2O3S/c1-15(2,3)11-7-5-6-8-13(11)21(19,20)16-12-9-10-17(4)14(12)18/h5-8,12,16H,9-10H2,1-4H3/t12-/m1/s1. The van der Waals surface area contributed by atoms with E-state index in [0.717, 1.165) is 5.56 Å². The Morgan fingerprint density at radius 3 is 2.38 bits per heavy atom. The largest absolute Gasteiger partial charge is 0.344 e. The van der Waals surface area contributed by atoms with E-state index in [0.29, 0.717) is 13.0 Å². The van der Waals surface area contributed by atoms with Crippen LogP contribution >= 0.6 is 0 Å². The van der Waals surface area contributed by atoms with Gasteiger partial charge in [0.15, 0.2) is 0 Å². The monoisotopic (exact) mass is 310 g/mol. The normalized spacial score (nSPS) is 20.1. The van der Waals surface area contributed by atoms with E-state index in [1.807, 2.05) is 32.9 Å². The SMILES string of the molecule is CN1CC[C@@H](NS(=O)(=O)c2ccccc2C(C)(C)C)C1=O. The number of hydrogen-bond acceptors (Lipinski definition) is 3. The molecule has 0 aromatic heterocycles. The van der Waals surface area contributed by atoms with E-state index in [9.17, 15) is 13.2 Å². The number of carbonyl (C=O) groups is 1. The summed E-state index contributed by atoms with van der Waals surface area (Å²) in [6.07, 6.45) is 0.506. The molecule has 1 aliphatic rings. The highest BCUT2D eigenvalue weighted by molar-refractivity contribution is 7.89. The predicted molar refractivity (Wildman–Crippen MR) is 81.5 cm³/mol. The maximum Gasteiger partial charge on any atom is 0.241 e. The van der Waals surface area contributed by atoms with Gasteiger partial charge in [-0.05, 0) is 23.5 Å².